The Morgan fingerprint density at radius 3 is 2.74 bits per heavy atom. The number of para-hydroxylation sites is 2. The Morgan fingerprint density at radius 2 is 1.87 bits per heavy atom. The lowest BCUT2D eigenvalue weighted by Gasteiger charge is -2.08. The fraction of sp³-hybridized carbons (Fsp3) is 0.0417. The van der Waals surface area contributed by atoms with Gasteiger partial charge in [-0.3, -0.25) is 4.79 Å². The Hall–Kier alpha value is -3.71. The fourth-order valence-corrected chi connectivity index (χ4v) is 3.79. The summed E-state index contributed by atoms with van der Waals surface area (Å²) in [4.78, 5) is 18.0. The third kappa shape index (κ3) is 3.53. The molecule has 5 aromatic rings. The van der Waals surface area contributed by atoms with Gasteiger partial charge in [0.2, 0.25) is 5.82 Å². The number of methoxy groups -OCH3 is 1. The van der Waals surface area contributed by atoms with Crippen LogP contribution in [-0.2, 0) is 0 Å². The molecule has 5 rings (SSSR count). The van der Waals surface area contributed by atoms with E-state index in [4.69, 9.17) is 14.1 Å². The molecule has 0 aliphatic carbocycles. The summed E-state index contributed by atoms with van der Waals surface area (Å²) in [7, 11) is 1.59. The van der Waals surface area contributed by atoms with Gasteiger partial charge in [0.15, 0.2) is 5.76 Å². The van der Waals surface area contributed by atoms with Gasteiger partial charge in [0.1, 0.15) is 11.3 Å². The van der Waals surface area contributed by atoms with Gasteiger partial charge in [-0.2, -0.15) is 9.78 Å². The van der Waals surface area contributed by atoms with Crippen molar-refractivity contribution < 1.29 is 9.15 Å². The van der Waals surface area contributed by atoms with Gasteiger partial charge in [-0.15, -0.1) is 0 Å². The van der Waals surface area contributed by atoms with Gasteiger partial charge in [-0.25, -0.2) is 4.98 Å². The predicted octanol–water partition coefficient (Wildman–Crippen LogP) is 5.46. The first-order valence-electron chi connectivity index (χ1n) is 9.53. The minimum atomic E-state index is -0.284. The van der Waals surface area contributed by atoms with Crippen molar-refractivity contribution in [3.63, 3.8) is 0 Å². The van der Waals surface area contributed by atoms with Crippen LogP contribution < -0.4 is 10.3 Å². The van der Waals surface area contributed by atoms with Crippen molar-refractivity contribution in [2.24, 2.45) is 5.10 Å². The van der Waals surface area contributed by atoms with Gasteiger partial charge in [-0.05, 0) is 48.5 Å². The predicted molar refractivity (Wildman–Crippen MR) is 125 cm³/mol. The molecule has 3 aromatic carbocycles. The van der Waals surface area contributed by atoms with Crippen molar-refractivity contribution in [2.45, 2.75) is 0 Å². The highest BCUT2D eigenvalue weighted by Crippen LogP contribution is 2.29. The highest BCUT2D eigenvalue weighted by molar-refractivity contribution is 9.10. The van der Waals surface area contributed by atoms with Gasteiger partial charge in [-0.1, -0.05) is 40.2 Å². The average molecular weight is 474 g/mol. The zero-order valence-electron chi connectivity index (χ0n) is 16.4. The van der Waals surface area contributed by atoms with E-state index in [2.05, 4.69) is 21.0 Å². The number of aromatic nitrogens is 2. The smallest absolute Gasteiger partial charge is 0.282 e. The second kappa shape index (κ2) is 7.85. The lowest BCUT2D eigenvalue weighted by molar-refractivity contribution is 0.414. The molecule has 0 aliphatic heterocycles. The first-order chi connectivity index (χ1) is 15.1. The zero-order chi connectivity index (χ0) is 21.4. The molecule has 2 heterocycles. The number of hydrogen-bond donors (Lipinski definition) is 0. The van der Waals surface area contributed by atoms with Gasteiger partial charge in [0.05, 0.1) is 24.2 Å². The SMILES string of the molecule is COc1ccccc1C=Nn1c(-c2cc3cc(Br)ccc3o2)nc2ccccc2c1=O. The van der Waals surface area contributed by atoms with Crippen molar-refractivity contribution in [2.75, 3.05) is 7.11 Å². The molecule has 2 aromatic heterocycles. The van der Waals surface area contributed by atoms with Crippen LogP contribution in [0.3, 0.4) is 0 Å². The van der Waals surface area contributed by atoms with E-state index in [-0.39, 0.29) is 5.56 Å². The Morgan fingerprint density at radius 1 is 1.06 bits per heavy atom. The molecule has 31 heavy (non-hydrogen) atoms. The first kappa shape index (κ1) is 19.3. The van der Waals surface area contributed by atoms with Gasteiger partial charge >= 0.3 is 0 Å². The van der Waals surface area contributed by atoms with E-state index >= 15 is 0 Å². The summed E-state index contributed by atoms with van der Waals surface area (Å²) in [6.07, 6.45) is 1.58. The molecule has 0 amide bonds. The number of hydrogen-bond acceptors (Lipinski definition) is 5. The van der Waals surface area contributed by atoms with Gasteiger partial charge in [0.25, 0.3) is 5.56 Å². The molecule has 7 heteroatoms. The molecule has 0 saturated carbocycles. The van der Waals surface area contributed by atoms with Crippen molar-refractivity contribution in [3.05, 3.63) is 93.2 Å². The quantitative estimate of drug-likeness (QED) is 0.324. The molecule has 0 bridgehead atoms. The summed E-state index contributed by atoms with van der Waals surface area (Å²) in [5.74, 6) is 1.43. The lowest BCUT2D eigenvalue weighted by Crippen LogP contribution is -2.20. The fourth-order valence-electron chi connectivity index (χ4n) is 3.41. The van der Waals surface area contributed by atoms with Crippen molar-refractivity contribution >= 4 is 44.0 Å². The van der Waals surface area contributed by atoms with E-state index in [1.165, 1.54) is 4.68 Å². The van der Waals surface area contributed by atoms with Crippen molar-refractivity contribution in [3.8, 4) is 17.3 Å². The maximum absolute atomic E-state index is 13.3. The van der Waals surface area contributed by atoms with Crippen LogP contribution in [0.15, 0.2) is 91.6 Å². The molecule has 152 valence electrons. The Labute approximate surface area is 185 Å². The maximum Gasteiger partial charge on any atom is 0.282 e. The lowest BCUT2D eigenvalue weighted by atomic mass is 10.2. The molecule has 0 N–H and O–H groups in total. The minimum Gasteiger partial charge on any atom is -0.496 e. The summed E-state index contributed by atoms with van der Waals surface area (Å²) < 4.78 is 13.6. The third-order valence-corrected chi connectivity index (χ3v) is 5.40. The summed E-state index contributed by atoms with van der Waals surface area (Å²) in [5, 5.41) is 5.84. The average Bonchev–Trinajstić information content (AvgIpc) is 3.21. The second-order valence-corrected chi connectivity index (χ2v) is 7.76. The number of ether oxygens (including phenoxy) is 1. The molecule has 0 unspecified atom stereocenters. The summed E-state index contributed by atoms with van der Waals surface area (Å²) >= 11 is 3.47. The highest BCUT2D eigenvalue weighted by Gasteiger charge is 2.16. The number of rotatable bonds is 4. The van der Waals surface area contributed by atoms with Crippen LogP contribution in [0.2, 0.25) is 0 Å². The van der Waals surface area contributed by atoms with E-state index in [0.717, 1.165) is 15.4 Å². The number of fused-ring (bicyclic) bond motifs is 2. The Kier molecular flexibility index (Phi) is 4.88. The molecule has 6 nitrogen and oxygen atoms in total. The standard InChI is InChI=1S/C24H16BrN3O3/c1-30-20-9-5-2-6-15(20)14-26-28-23(27-19-8-4-3-7-18(19)24(28)29)22-13-16-12-17(25)10-11-21(16)31-22/h2-14H,1H3. The summed E-state index contributed by atoms with van der Waals surface area (Å²) in [6.45, 7) is 0. The van der Waals surface area contributed by atoms with Crippen LogP contribution in [0, 0.1) is 0 Å². The van der Waals surface area contributed by atoms with Crippen LogP contribution in [-0.4, -0.2) is 23.0 Å². The van der Waals surface area contributed by atoms with E-state index in [9.17, 15) is 4.79 Å². The molecule has 0 radical (unpaired) electrons. The van der Waals surface area contributed by atoms with Crippen LogP contribution >= 0.6 is 15.9 Å². The topological polar surface area (TPSA) is 69.6 Å². The largest absolute Gasteiger partial charge is 0.496 e. The Bertz CT molecular complexity index is 1520. The maximum atomic E-state index is 13.3. The molecule has 0 spiro atoms. The number of halogens is 1. The molecular weight excluding hydrogens is 458 g/mol. The zero-order valence-corrected chi connectivity index (χ0v) is 18.0. The third-order valence-electron chi connectivity index (χ3n) is 4.90. The van der Waals surface area contributed by atoms with E-state index in [1.54, 1.807) is 31.5 Å². The van der Waals surface area contributed by atoms with Crippen molar-refractivity contribution in [1.29, 1.82) is 0 Å². The normalized spacial score (nSPS) is 11.5. The van der Waals surface area contributed by atoms with Gasteiger partial charge < -0.3 is 9.15 Å². The molecule has 0 saturated heterocycles. The van der Waals surface area contributed by atoms with E-state index in [1.807, 2.05) is 54.6 Å². The van der Waals surface area contributed by atoms with Crippen LogP contribution in [0.1, 0.15) is 5.56 Å². The highest BCUT2D eigenvalue weighted by atomic mass is 79.9. The molecule has 0 atom stereocenters. The monoisotopic (exact) mass is 473 g/mol. The van der Waals surface area contributed by atoms with Crippen LogP contribution in [0.25, 0.3) is 33.5 Å². The van der Waals surface area contributed by atoms with Crippen LogP contribution in [0.5, 0.6) is 5.75 Å². The van der Waals surface area contributed by atoms with Crippen LogP contribution in [0.4, 0.5) is 0 Å². The van der Waals surface area contributed by atoms with E-state index < -0.39 is 0 Å². The van der Waals surface area contributed by atoms with E-state index in [0.29, 0.717) is 33.8 Å². The minimum absolute atomic E-state index is 0.284. The number of furan rings is 1. The molecule has 0 aliphatic rings. The van der Waals surface area contributed by atoms with Gasteiger partial charge in [0, 0.05) is 15.4 Å². The summed E-state index contributed by atoms with van der Waals surface area (Å²) in [5.41, 5.74) is 1.73. The Balaban J connectivity index is 1.74. The van der Waals surface area contributed by atoms with Crippen molar-refractivity contribution in [1.82, 2.24) is 9.66 Å². The number of benzene rings is 3. The summed E-state index contributed by atoms with van der Waals surface area (Å²) in [6, 6.07) is 22.2. The first-order valence-corrected chi connectivity index (χ1v) is 10.3. The molecule has 0 fully saturated rings. The number of nitrogens with zero attached hydrogens (tertiary/aromatic N) is 3. The molecular formula is C24H16BrN3O3. The second-order valence-electron chi connectivity index (χ2n) is 6.85.